The second-order valence-electron chi connectivity index (χ2n) is 8.45. The van der Waals surface area contributed by atoms with Gasteiger partial charge in [-0.05, 0) is 6.42 Å². The van der Waals surface area contributed by atoms with E-state index in [2.05, 4.69) is 28.1 Å². The molecule has 152 valence electrons. The number of rotatable bonds is 18. The predicted molar refractivity (Wildman–Crippen MR) is 109 cm³/mol. The second kappa shape index (κ2) is 15.2. The molecule has 0 heterocycles. The van der Waals surface area contributed by atoms with Crippen LogP contribution in [0.5, 0.6) is 0 Å². The number of hydrogen-bond acceptors (Lipinski definition) is 2. The molecule has 5 heteroatoms. The summed E-state index contributed by atoms with van der Waals surface area (Å²) in [6.07, 6.45) is 16.5. The van der Waals surface area contributed by atoms with E-state index in [4.69, 9.17) is 4.52 Å². The molecule has 1 atom stereocenters. The highest BCUT2D eigenvalue weighted by Crippen LogP contribution is 2.42. The minimum Gasteiger partial charge on any atom is -0.331 e. The van der Waals surface area contributed by atoms with Gasteiger partial charge in [-0.15, -0.1) is 0 Å². The quantitative estimate of drug-likeness (QED) is 0.181. The molecule has 0 bridgehead atoms. The van der Waals surface area contributed by atoms with Gasteiger partial charge in [0.1, 0.15) is 0 Å². The van der Waals surface area contributed by atoms with Crippen molar-refractivity contribution in [2.45, 2.75) is 90.4 Å². The summed E-state index contributed by atoms with van der Waals surface area (Å²) in [5, 5.41) is 0. The highest BCUT2D eigenvalue weighted by Gasteiger charge is 2.20. The Kier molecular flexibility index (Phi) is 15.3. The maximum absolute atomic E-state index is 11.9. The first-order chi connectivity index (χ1) is 11.8. The first-order valence-electron chi connectivity index (χ1n) is 10.5. The summed E-state index contributed by atoms with van der Waals surface area (Å²) in [4.78, 5) is 9.81. The zero-order valence-electron chi connectivity index (χ0n) is 17.5. The molecule has 0 fully saturated rings. The average Bonchev–Trinajstić information content (AvgIpc) is 2.50. The molecular formula is C20H45NO3P+. The number of unbranched alkanes of at least 4 members (excludes halogenated alkanes) is 11. The standard InChI is InChI=1S/C20H44NO3P/c1-5-6-7-8-9-10-11-12-13-14-15-16-19-24-25(22,23)20-17-18-21(2,3)4/h5-20H2,1-4H3/p+1. The molecule has 0 aromatic rings. The van der Waals surface area contributed by atoms with E-state index in [1.807, 2.05) is 0 Å². The lowest BCUT2D eigenvalue weighted by atomic mass is 10.1. The van der Waals surface area contributed by atoms with Crippen molar-refractivity contribution in [3.63, 3.8) is 0 Å². The summed E-state index contributed by atoms with van der Waals surface area (Å²) in [5.74, 6) is 0. The fourth-order valence-corrected chi connectivity index (χ4v) is 4.04. The summed E-state index contributed by atoms with van der Waals surface area (Å²) in [7, 11) is 2.91. The summed E-state index contributed by atoms with van der Waals surface area (Å²) < 4.78 is 18.0. The van der Waals surface area contributed by atoms with Crippen LogP contribution in [-0.2, 0) is 9.09 Å². The Labute approximate surface area is 157 Å². The lowest BCUT2D eigenvalue weighted by molar-refractivity contribution is -0.870. The van der Waals surface area contributed by atoms with Crippen LogP contribution in [0.15, 0.2) is 0 Å². The normalized spacial score (nSPS) is 14.6. The van der Waals surface area contributed by atoms with E-state index >= 15 is 0 Å². The van der Waals surface area contributed by atoms with Crippen LogP contribution < -0.4 is 0 Å². The van der Waals surface area contributed by atoms with Gasteiger partial charge in [-0.1, -0.05) is 77.6 Å². The van der Waals surface area contributed by atoms with Gasteiger partial charge in [0, 0.05) is 6.42 Å². The smallest absolute Gasteiger partial charge is 0.328 e. The predicted octanol–water partition coefficient (Wildman–Crippen LogP) is 5.99. The van der Waals surface area contributed by atoms with E-state index in [9.17, 15) is 9.46 Å². The van der Waals surface area contributed by atoms with Gasteiger partial charge in [-0.25, -0.2) is 0 Å². The molecule has 0 aromatic carbocycles. The van der Waals surface area contributed by atoms with Crippen LogP contribution in [0.3, 0.4) is 0 Å². The van der Waals surface area contributed by atoms with E-state index in [0.717, 1.165) is 30.3 Å². The molecule has 1 unspecified atom stereocenters. The Morgan fingerprint density at radius 3 is 1.64 bits per heavy atom. The molecule has 0 saturated carbocycles. The van der Waals surface area contributed by atoms with Crippen LogP contribution in [-0.4, -0.2) is 49.8 Å². The molecule has 4 nitrogen and oxygen atoms in total. The molecule has 0 saturated heterocycles. The van der Waals surface area contributed by atoms with Crippen LogP contribution in [0.25, 0.3) is 0 Å². The van der Waals surface area contributed by atoms with Gasteiger partial charge in [-0.3, -0.25) is 4.57 Å². The van der Waals surface area contributed by atoms with Crippen LogP contribution in [0.4, 0.5) is 0 Å². The summed E-state index contributed by atoms with van der Waals surface area (Å²) in [5.41, 5.74) is 0. The Bertz CT molecular complexity index is 342. The van der Waals surface area contributed by atoms with E-state index < -0.39 is 7.60 Å². The molecule has 1 N–H and O–H groups in total. The Morgan fingerprint density at radius 2 is 1.20 bits per heavy atom. The lowest BCUT2D eigenvalue weighted by Gasteiger charge is -2.24. The van der Waals surface area contributed by atoms with E-state index in [0.29, 0.717) is 6.61 Å². The third-order valence-electron chi connectivity index (χ3n) is 4.56. The SMILES string of the molecule is CCCCCCCCCCCCCCOP(=O)(O)CCC[N+](C)(C)C. The molecule has 0 aliphatic rings. The molecular weight excluding hydrogens is 333 g/mol. The molecule has 0 spiro atoms. The van der Waals surface area contributed by atoms with Gasteiger partial charge in [-0.2, -0.15) is 0 Å². The van der Waals surface area contributed by atoms with Crippen LogP contribution in [0.1, 0.15) is 90.4 Å². The highest BCUT2D eigenvalue weighted by atomic mass is 31.2. The Balaban J connectivity index is 3.35. The fraction of sp³-hybridized carbons (Fsp3) is 1.00. The van der Waals surface area contributed by atoms with Gasteiger partial charge in [0.2, 0.25) is 0 Å². The molecule has 0 radical (unpaired) electrons. The zero-order chi connectivity index (χ0) is 19.0. The molecule has 25 heavy (non-hydrogen) atoms. The molecule has 0 aliphatic heterocycles. The van der Waals surface area contributed by atoms with Crippen LogP contribution >= 0.6 is 7.60 Å². The van der Waals surface area contributed by atoms with Crippen molar-refractivity contribution in [1.29, 1.82) is 0 Å². The minimum absolute atomic E-state index is 0.279. The van der Waals surface area contributed by atoms with Crippen molar-refractivity contribution in [1.82, 2.24) is 0 Å². The van der Waals surface area contributed by atoms with Crippen LogP contribution in [0.2, 0.25) is 0 Å². The van der Waals surface area contributed by atoms with E-state index in [1.54, 1.807) is 0 Å². The Morgan fingerprint density at radius 1 is 0.760 bits per heavy atom. The van der Waals surface area contributed by atoms with E-state index in [1.165, 1.54) is 64.2 Å². The van der Waals surface area contributed by atoms with Crippen molar-refractivity contribution in [3.05, 3.63) is 0 Å². The second-order valence-corrected chi connectivity index (χ2v) is 10.4. The van der Waals surface area contributed by atoms with Gasteiger partial charge in [0.25, 0.3) is 0 Å². The van der Waals surface area contributed by atoms with Gasteiger partial charge in [0.15, 0.2) is 0 Å². The maximum atomic E-state index is 11.9. The zero-order valence-corrected chi connectivity index (χ0v) is 18.4. The van der Waals surface area contributed by atoms with Crippen molar-refractivity contribution in [2.24, 2.45) is 0 Å². The topological polar surface area (TPSA) is 46.5 Å². The van der Waals surface area contributed by atoms with Crippen molar-refractivity contribution < 1.29 is 18.5 Å². The van der Waals surface area contributed by atoms with Crippen LogP contribution in [0, 0.1) is 0 Å². The van der Waals surface area contributed by atoms with Crippen molar-refractivity contribution in [3.8, 4) is 0 Å². The van der Waals surface area contributed by atoms with Gasteiger partial charge in [0.05, 0.1) is 40.5 Å². The molecule has 0 amide bonds. The highest BCUT2D eigenvalue weighted by molar-refractivity contribution is 7.52. The van der Waals surface area contributed by atoms with Crippen molar-refractivity contribution >= 4 is 7.60 Å². The fourth-order valence-electron chi connectivity index (χ4n) is 2.96. The first-order valence-corrected chi connectivity index (χ1v) is 12.3. The van der Waals surface area contributed by atoms with Crippen molar-refractivity contribution in [2.75, 3.05) is 40.5 Å². The molecule has 0 aromatic heterocycles. The first kappa shape index (κ1) is 25.1. The third kappa shape index (κ3) is 20.3. The monoisotopic (exact) mass is 378 g/mol. The number of hydrogen-bond donors (Lipinski definition) is 1. The molecule has 0 aliphatic carbocycles. The average molecular weight is 379 g/mol. The number of quaternary nitrogens is 1. The third-order valence-corrected chi connectivity index (χ3v) is 6.03. The maximum Gasteiger partial charge on any atom is 0.328 e. The number of nitrogens with zero attached hydrogens (tertiary/aromatic N) is 1. The summed E-state index contributed by atoms with van der Waals surface area (Å²) in [6.45, 7) is 3.58. The summed E-state index contributed by atoms with van der Waals surface area (Å²) in [6, 6.07) is 0. The summed E-state index contributed by atoms with van der Waals surface area (Å²) >= 11 is 0. The Hall–Kier alpha value is 0.110. The van der Waals surface area contributed by atoms with Gasteiger partial charge < -0.3 is 13.9 Å². The van der Waals surface area contributed by atoms with Gasteiger partial charge >= 0.3 is 7.60 Å². The minimum atomic E-state index is -3.37. The lowest BCUT2D eigenvalue weighted by Crippen LogP contribution is -2.35. The molecule has 0 rings (SSSR count). The largest absolute Gasteiger partial charge is 0.331 e. The van der Waals surface area contributed by atoms with E-state index in [-0.39, 0.29) is 6.16 Å².